The molecule has 0 saturated carbocycles. The van der Waals surface area contributed by atoms with E-state index in [4.69, 9.17) is 0 Å². The van der Waals surface area contributed by atoms with Gasteiger partial charge in [-0.2, -0.15) is 10.2 Å². The number of pyridine rings is 1. The Morgan fingerprint density at radius 1 is 1.17 bits per heavy atom. The minimum atomic E-state index is -0.178. The molecule has 0 aliphatic carbocycles. The van der Waals surface area contributed by atoms with Crippen molar-refractivity contribution in [2.75, 3.05) is 0 Å². The minimum Gasteiger partial charge on any atom is -0.390 e. The van der Waals surface area contributed by atoms with Crippen LogP contribution in [0.25, 0.3) is 21.8 Å². The number of hydrogen-bond donors (Lipinski definition) is 1. The molecule has 122 valence electrons. The van der Waals surface area contributed by atoms with Crippen LogP contribution in [0.4, 0.5) is 0 Å². The van der Waals surface area contributed by atoms with E-state index in [0.717, 1.165) is 22.0 Å². The molecule has 0 saturated heterocycles. The topological polar surface area (TPSA) is 90.8 Å². The van der Waals surface area contributed by atoms with Gasteiger partial charge in [0.2, 0.25) is 0 Å². The molecule has 0 aliphatic heterocycles. The largest absolute Gasteiger partial charge is 0.390 e. The van der Waals surface area contributed by atoms with Gasteiger partial charge in [-0.1, -0.05) is 0 Å². The summed E-state index contributed by atoms with van der Waals surface area (Å²) >= 11 is 0. The standard InChI is InChI=1S/C16H16N6O2/c1-20-4-3-10(19-20)8-22-16(24)15-13(6-18-22)12-5-11(9-23)17-7-14(12)21(15)2/h3-7,23H,8-9H2,1-2H3. The quantitative estimate of drug-likeness (QED) is 0.594. The van der Waals surface area contributed by atoms with Gasteiger partial charge in [0.25, 0.3) is 5.56 Å². The minimum absolute atomic E-state index is 0.142. The molecule has 0 bridgehead atoms. The van der Waals surface area contributed by atoms with Crippen LogP contribution in [-0.4, -0.2) is 34.2 Å². The summed E-state index contributed by atoms with van der Waals surface area (Å²) in [5, 5.41) is 19.5. The van der Waals surface area contributed by atoms with Crippen LogP contribution in [0.2, 0.25) is 0 Å². The molecule has 0 unspecified atom stereocenters. The lowest BCUT2D eigenvalue weighted by atomic mass is 10.2. The Morgan fingerprint density at radius 2 is 2.00 bits per heavy atom. The van der Waals surface area contributed by atoms with Crippen LogP contribution < -0.4 is 5.56 Å². The number of aliphatic hydroxyl groups excluding tert-OH is 1. The summed E-state index contributed by atoms with van der Waals surface area (Å²) in [6, 6.07) is 3.65. The van der Waals surface area contributed by atoms with Crippen molar-refractivity contribution in [1.82, 2.24) is 29.1 Å². The average Bonchev–Trinajstić information content (AvgIpc) is 3.12. The van der Waals surface area contributed by atoms with Gasteiger partial charge in [-0.3, -0.25) is 14.5 Å². The van der Waals surface area contributed by atoms with Crippen LogP contribution in [-0.2, 0) is 27.2 Å². The third-order valence-electron chi connectivity index (χ3n) is 4.19. The highest BCUT2D eigenvalue weighted by Crippen LogP contribution is 2.25. The van der Waals surface area contributed by atoms with E-state index < -0.39 is 0 Å². The van der Waals surface area contributed by atoms with Crippen molar-refractivity contribution in [3.05, 3.63) is 52.5 Å². The van der Waals surface area contributed by atoms with Crippen molar-refractivity contribution in [3.8, 4) is 0 Å². The summed E-state index contributed by atoms with van der Waals surface area (Å²) in [4.78, 5) is 17.1. The summed E-state index contributed by atoms with van der Waals surface area (Å²) in [6.45, 7) is 0.174. The molecule has 4 aromatic heterocycles. The van der Waals surface area contributed by atoms with Gasteiger partial charge in [0.1, 0.15) is 5.52 Å². The first-order valence-electron chi connectivity index (χ1n) is 7.51. The van der Waals surface area contributed by atoms with Crippen LogP contribution >= 0.6 is 0 Å². The first kappa shape index (κ1) is 14.6. The van der Waals surface area contributed by atoms with Crippen molar-refractivity contribution in [1.29, 1.82) is 0 Å². The van der Waals surface area contributed by atoms with E-state index in [2.05, 4.69) is 15.2 Å². The predicted molar refractivity (Wildman–Crippen MR) is 88.5 cm³/mol. The highest BCUT2D eigenvalue weighted by molar-refractivity contribution is 6.07. The fraction of sp³-hybridized carbons (Fsp3) is 0.250. The van der Waals surface area contributed by atoms with Crippen LogP contribution in [0, 0.1) is 0 Å². The number of aromatic nitrogens is 6. The van der Waals surface area contributed by atoms with Gasteiger partial charge < -0.3 is 9.67 Å². The molecular formula is C16H16N6O2. The third kappa shape index (κ3) is 2.11. The highest BCUT2D eigenvalue weighted by atomic mass is 16.3. The maximum atomic E-state index is 12.9. The van der Waals surface area contributed by atoms with Crippen LogP contribution in [0.1, 0.15) is 11.4 Å². The van der Waals surface area contributed by atoms with Gasteiger partial charge in [0.05, 0.1) is 42.4 Å². The molecule has 0 atom stereocenters. The van der Waals surface area contributed by atoms with Gasteiger partial charge in [0, 0.05) is 31.1 Å². The number of rotatable bonds is 3. The lowest BCUT2D eigenvalue weighted by Crippen LogP contribution is -2.24. The van der Waals surface area contributed by atoms with Crippen molar-refractivity contribution < 1.29 is 5.11 Å². The molecule has 0 aliphatic rings. The Bertz CT molecular complexity index is 1120. The molecule has 4 heterocycles. The number of aliphatic hydroxyl groups is 1. The summed E-state index contributed by atoms with van der Waals surface area (Å²) < 4.78 is 4.92. The van der Waals surface area contributed by atoms with E-state index in [1.807, 2.05) is 30.9 Å². The number of nitrogens with zero attached hydrogens (tertiary/aromatic N) is 6. The van der Waals surface area contributed by atoms with Crippen molar-refractivity contribution in [2.24, 2.45) is 14.1 Å². The first-order chi connectivity index (χ1) is 11.6. The zero-order valence-electron chi connectivity index (χ0n) is 13.3. The number of fused-ring (bicyclic) bond motifs is 3. The van der Waals surface area contributed by atoms with Crippen LogP contribution in [0.5, 0.6) is 0 Å². The van der Waals surface area contributed by atoms with E-state index in [1.165, 1.54) is 4.68 Å². The van der Waals surface area contributed by atoms with Crippen molar-refractivity contribution >= 4 is 21.8 Å². The molecule has 0 spiro atoms. The molecule has 0 radical (unpaired) electrons. The summed E-state index contributed by atoms with van der Waals surface area (Å²) in [5.74, 6) is 0. The van der Waals surface area contributed by atoms with Crippen molar-refractivity contribution in [3.63, 3.8) is 0 Å². The average molecular weight is 324 g/mol. The second kappa shape index (κ2) is 5.27. The normalized spacial score (nSPS) is 11.6. The van der Waals surface area contributed by atoms with Gasteiger partial charge in [0.15, 0.2) is 0 Å². The second-order valence-electron chi connectivity index (χ2n) is 5.76. The number of aryl methyl sites for hydroxylation is 2. The van der Waals surface area contributed by atoms with E-state index in [1.54, 1.807) is 23.1 Å². The molecule has 24 heavy (non-hydrogen) atoms. The molecule has 0 aromatic carbocycles. The molecule has 0 fully saturated rings. The van der Waals surface area contributed by atoms with E-state index in [0.29, 0.717) is 17.8 Å². The van der Waals surface area contributed by atoms with Gasteiger partial charge in [-0.15, -0.1) is 0 Å². The Labute approximate surface area is 136 Å². The molecule has 1 N–H and O–H groups in total. The lowest BCUT2D eigenvalue weighted by molar-refractivity contribution is 0.277. The zero-order valence-corrected chi connectivity index (χ0v) is 13.3. The van der Waals surface area contributed by atoms with E-state index >= 15 is 0 Å². The predicted octanol–water partition coefficient (Wildman–Crippen LogP) is 0.557. The first-order valence-corrected chi connectivity index (χ1v) is 7.51. The van der Waals surface area contributed by atoms with Crippen molar-refractivity contribution in [2.45, 2.75) is 13.2 Å². The van der Waals surface area contributed by atoms with Crippen LogP contribution in [0.15, 0.2) is 35.5 Å². The summed E-state index contributed by atoms with van der Waals surface area (Å²) in [6.07, 6.45) is 5.18. The SMILES string of the molecule is Cn1ccc(Cn2ncc3c4cc(CO)ncc4n(C)c3c2=O)n1. The maximum absolute atomic E-state index is 12.9. The Hall–Kier alpha value is -3.00. The Kier molecular flexibility index (Phi) is 3.20. The molecule has 8 nitrogen and oxygen atoms in total. The molecule has 0 amide bonds. The van der Waals surface area contributed by atoms with E-state index in [-0.39, 0.29) is 12.2 Å². The second-order valence-corrected chi connectivity index (χ2v) is 5.76. The molecule has 8 heteroatoms. The number of hydrogen-bond acceptors (Lipinski definition) is 5. The monoisotopic (exact) mass is 324 g/mol. The molecular weight excluding hydrogens is 308 g/mol. The molecule has 4 aromatic rings. The summed E-state index contributed by atoms with van der Waals surface area (Å²) in [7, 11) is 3.66. The third-order valence-corrected chi connectivity index (χ3v) is 4.19. The van der Waals surface area contributed by atoms with Gasteiger partial charge >= 0.3 is 0 Å². The maximum Gasteiger partial charge on any atom is 0.291 e. The zero-order chi connectivity index (χ0) is 16.8. The van der Waals surface area contributed by atoms with E-state index in [9.17, 15) is 9.90 Å². The Morgan fingerprint density at radius 3 is 2.71 bits per heavy atom. The fourth-order valence-electron chi connectivity index (χ4n) is 2.99. The Balaban J connectivity index is 1.94. The molecule has 4 rings (SSSR count). The van der Waals surface area contributed by atoms with Gasteiger partial charge in [-0.25, -0.2) is 4.68 Å². The smallest absolute Gasteiger partial charge is 0.291 e. The van der Waals surface area contributed by atoms with Crippen LogP contribution in [0.3, 0.4) is 0 Å². The van der Waals surface area contributed by atoms with Gasteiger partial charge in [-0.05, 0) is 12.1 Å². The lowest BCUT2D eigenvalue weighted by Gasteiger charge is -2.03. The summed E-state index contributed by atoms with van der Waals surface area (Å²) in [5.41, 5.74) is 2.55. The fourth-order valence-corrected chi connectivity index (χ4v) is 2.99. The highest BCUT2D eigenvalue weighted by Gasteiger charge is 2.15.